The SMILES string of the molecule is CC(C)CCNC(=O)CNC(=O)c1ccc(S(=O)(=O)N2CCOCC2)cc1. The van der Waals surface area contributed by atoms with Crippen LogP contribution in [0.4, 0.5) is 0 Å². The molecule has 1 aliphatic rings. The maximum Gasteiger partial charge on any atom is 0.251 e. The fourth-order valence-electron chi connectivity index (χ4n) is 2.54. The summed E-state index contributed by atoms with van der Waals surface area (Å²) in [7, 11) is -3.59. The molecular weight excluding hydrogens is 370 g/mol. The lowest BCUT2D eigenvalue weighted by Gasteiger charge is -2.26. The van der Waals surface area contributed by atoms with E-state index in [4.69, 9.17) is 4.74 Å². The fraction of sp³-hybridized carbons (Fsp3) is 0.556. The van der Waals surface area contributed by atoms with Crippen LogP contribution < -0.4 is 10.6 Å². The quantitative estimate of drug-likeness (QED) is 0.668. The first kappa shape index (κ1) is 21.3. The minimum atomic E-state index is -3.59. The van der Waals surface area contributed by atoms with Crippen LogP contribution in [0.15, 0.2) is 29.2 Å². The fourth-order valence-corrected chi connectivity index (χ4v) is 3.95. The predicted molar refractivity (Wildman–Crippen MR) is 101 cm³/mol. The van der Waals surface area contributed by atoms with E-state index in [9.17, 15) is 18.0 Å². The Labute approximate surface area is 160 Å². The van der Waals surface area contributed by atoms with Gasteiger partial charge in [-0.2, -0.15) is 4.31 Å². The van der Waals surface area contributed by atoms with Gasteiger partial charge in [0.2, 0.25) is 15.9 Å². The Morgan fingerprint density at radius 2 is 1.74 bits per heavy atom. The predicted octanol–water partition coefficient (Wildman–Crippen LogP) is 0.600. The zero-order chi connectivity index (χ0) is 19.9. The molecule has 0 spiro atoms. The van der Waals surface area contributed by atoms with Crippen LogP contribution in [0, 0.1) is 5.92 Å². The number of nitrogens with zero attached hydrogens (tertiary/aromatic N) is 1. The Kier molecular flexibility index (Phi) is 7.76. The lowest BCUT2D eigenvalue weighted by Crippen LogP contribution is -2.40. The molecule has 1 aliphatic heterocycles. The van der Waals surface area contributed by atoms with Crippen molar-refractivity contribution in [2.45, 2.75) is 25.2 Å². The van der Waals surface area contributed by atoms with Gasteiger partial charge in [0.15, 0.2) is 0 Å². The smallest absolute Gasteiger partial charge is 0.251 e. The monoisotopic (exact) mass is 397 g/mol. The van der Waals surface area contributed by atoms with E-state index >= 15 is 0 Å². The third-order valence-electron chi connectivity index (χ3n) is 4.18. The van der Waals surface area contributed by atoms with Gasteiger partial charge in [-0.3, -0.25) is 9.59 Å². The average Bonchev–Trinajstić information content (AvgIpc) is 2.66. The van der Waals surface area contributed by atoms with Crippen molar-refractivity contribution in [3.05, 3.63) is 29.8 Å². The molecule has 0 unspecified atom stereocenters. The molecule has 150 valence electrons. The lowest BCUT2D eigenvalue weighted by molar-refractivity contribution is -0.120. The standard InChI is InChI=1S/C18H27N3O5S/c1-14(2)7-8-19-17(22)13-20-18(23)15-3-5-16(6-4-15)27(24,25)21-9-11-26-12-10-21/h3-6,14H,7-13H2,1-2H3,(H,19,22)(H,20,23). The van der Waals surface area contributed by atoms with Crippen LogP contribution in [0.2, 0.25) is 0 Å². The molecule has 0 aliphatic carbocycles. The van der Waals surface area contributed by atoms with Crippen molar-refractivity contribution >= 4 is 21.8 Å². The number of hydrogen-bond donors (Lipinski definition) is 2. The summed E-state index contributed by atoms with van der Waals surface area (Å²) in [5.41, 5.74) is 0.297. The van der Waals surface area contributed by atoms with Crippen molar-refractivity contribution in [3.63, 3.8) is 0 Å². The van der Waals surface area contributed by atoms with Crippen LogP contribution in [-0.2, 0) is 19.6 Å². The van der Waals surface area contributed by atoms with Crippen LogP contribution in [0.3, 0.4) is 0 Å². The third-order valence-corrected chi connectivity index (χ3v) is 6.09. The second kappa shape index (κ2) is 9.82. The largest absolute Gasteiger partial charge is 0.379 e. The number of hydrogen-bond acceptors (Lipinski definition) is 5. The first-order chi connectivity index (χ1) is 12.8. The molecule has 8 nitrogen and oxygen atoms in total. The van der Waals surface area contributed by atoms with E-state index in [0.29, 0.717) is 44.3 Å². The average molecular weight is 397 g/mol. The zero-order valence-corrected chi connectivity index (χ0v) is 16.5. The lowest BCUT2D eigenvalue weighted by atomic mass is 10.1. The second-order valence-corrected chi connectivity index (χ2v) is 8.69. The number of ether oxygens (including phenoxy) is 1. The summed E-state index contributed by atoms with van der Waals surface area (Å²) in [5, 5.41) is 5.27. The van der Waals surface area contributed by atoms with Gasteiger partial charge < -0.3 is 15.4 Å². The van der Waals surface area contributed by atoms with Crippen molar-refractivity contribution in [2.24, 2.45) is 5.92 Å². The highest BCUT2D eigenvalue weighted by Crippen LogP contribution is 2.17. The molecule has 1 aromatic carbocycles. The van der Waals surface area contributed by atoms with Crippen LogP contribution >= 0.6 is 0 Å². The Morgan fingerprint density at radius 3 is 2.33 bits per heavy atom. The maximum atomic E-state index is 12.5. The van der Waals surface area contributed by atoms with Gasteiger partial charge >= 0.3 is 0 Å². The Bertz CT molecular complexity index is 741. The Morgan fingerprint density at radius 1 is 1.11 bits per heavy atom. The number of nitrogens with one attached hydrogen (secondary N) is 2. The molecule has 2 N–H and O–H groups in total. The zero-order valence-electron chi connectivity index (χ0n) is 15.7. The minimum Gasteiger partial charge on any atom is -0.379 e. The van der Waals surface area contributed by atoms with E-state index in [1.54, 1.807) is 0 Å². The van der Waals surface area contributed by atoms with Gasteiger partial charge in [0.1, 0.15) is 0 Å². The highest BCUT2D eigenvalue weighted by atomic mass is 32.2. The molecule has 27 heavy (non-hydrogen) atoms. The Balaban J connectivity index is 1.88. The molecule has 0 aromatic heterocycles. The normalized spacial score (nSPS) is 15.5. The number of carbonyl (C=O) groups excluding carboxylic acids is 2. The second-order valence-electron chi connectivity index (χ2n) is 6.76. The van der Waals surface area contributed by atoms with Gasteiger partial charge in [0, 0.05) is 25.2 Å². The molecule has 0 saturated carbocycles. The first-order valence-corrected chi connectivity index (χ1v) is 10.5. The van der Waals surface area contributed by atoms with Gasteiger partial charge in [-0.15, -0.1) is 0 Å². The summed E-state index contributed by atoms with van der Waals surface area (Å²) in [6.07, 6.45) is 0.874. The van der Waals surface area contributed by atoms with Crippen molar-refractivity contribution in [1.82, 2.24) is 14.9 Å². The molecule has 9 heteroatoms. The number of carbonyl (C=O) groups is 2. The summed E-state index contributed by atoms with van der Waals surface area (Å²) in [5.74, 6) is -0.188. The molecule has 1 aromatic rings. The van der Waals surface area contributed by atoms with E-state index in [-0.39, 0.29) is 17.3 Å². The summed E-state index contributed by atoms with van der Waals surface area (Å²) in [6.45, 7) is 5.96. The van der Waals surface area contributed by atoms with Crippen molar-refractivity contribution < 1.29 is 22.7 Å². The molecule has 1 saturated heterocycles. The van der Waals surface area contributed by atoms with Gasteiger partial charge in [-0.1, -0.05) is 13.8 Å². The van der Waals surface area contributed by atoms with Gasteiger partial charge in [-0.05, 0) is 36.6 Å². The van der Waals surface area contributed by atoms with E-state index in [1.165, 1.54) is 28.6 Å². The van der Waals surface area contributed by atoms with E-state index in [2.05, 4.69) is 24.5 Å². The third kappa shape index (κ3) is 6.30. The van der Waals surface area contributed by atoms with E-state index in [0.717, 1.165) is 6.42 Å². The summed E-state index contributed by atoms with van der Waals surface area (Å²) in [6, 6.07) is 5.70. The molecular formula is C18H27N3O5S. The highest BCUT2D eigenvalue weighted by molar-refractivity contribution is 7.89. The number of amides is 2. The van der Waals surface area contributed by atoms with Crippen LogP contribution in [-0.4, -0.2) is 63.9 Å². The van der Waals surface area contributed by atoms with E-state index < -0.39 is 15.9 Å². The van der Waals surface area contributed by atoms with Crippen LogP contribution in [0.1, 0.15) is 30.6 Å². The topological polar surface area (TPSA) is 105 Å². The van der Waals surface area contributed by atoms with Crippen molar-refractivity contribution in [2.75, 3.05) is 39.4 Å². The number of morpholine rings is 1. The van der Waals surface area contributed by atoms with E-state index in [1.807, 2.05) is 0 Å². The number of rotatable bonds is 8. The van der Waals surface area contributed by atoms with Crippen molar-refractivity contribution in [1.29, 1.82) is 0 Å². The Hall–Kier alpha value is -1.97. The first-order valence-electron chi connectivity index (χ1n) is 9.03. The summed E-state index contributed by atoms with van der Waals surface area (Å²) >= 11 is 0. The summed E-state index contributed by atoms with van der Waals surface area (Å²) < 4.78 is 31.6. The van der Waals surface area contributed by atoms with Crippen molar-refractivity contribution in [3.8, 4) is 0 Å². The molecule has 0 radical (unpaired) electrons. The number of benzene rings is 1. The van der Waals surface area contributed by atoms with Gasteiger partial charge in [0.25, 0.3) is 5.91 Å². The molecule has 0 atom stereocenters. The number of sulfonamides is 1. The van der Waals surface area contributed by atoms with Crippen LogP contribution in [0.5, 0.6) is 0 Å². The maximum absolute atomic E-state index is 12.5. The molecule has 0 bridgehead atoms. The molecule has 1 fully saturated rings. The van der Waals surface area contributed by atoms with Crippen LogP contribution in [0.25, 0.3) is 0 Å². The summed E-state index contributed by atoms with van der Waals surface area (Å²) in [4.78, 5) is 24.0. The molecule has 2 rings (SSSR count). The molecule has 1 heterocycles. The minimum absolute atomic E-state index is 0.120. The highest BCUT2D eigenvalue weighted by Gasteiger charge is 2.26. The molecule has 2 amide bonds. The van der Waals surface area contributed by atoms with Gasteiger partial charge in [0.05, 0.1) is 24.7 Å². The van der Waals surface area contributed by atoms with Gasteiger partial charge in [-0.25, -0.2) is 8.42 Å².